The van der Waals surface area contributed by atoms with Gasteiger partial charge in [0.2, 0.25) is 15.9 Å². The Kier molecular flexibility index (Phi) is 6.59. The Morgan fingerprint density at radius 2 is 2.09 bits per heavy atom. The van der Waals surface area contributed by atoms with Gasteiger partial charge in [0.05, 0.1) is 4.90 Å². The Labute approximate surface area is 144 Å². The molecule has 0 aromatic heterocycles. The number of anilines is 1. The molecule has 1 amide bonds. The van der Waals surface area contributed by atoms with E-state index in [1.165, 1.54) is 6.92 Å². The van der Waals surface area contributed by atoms with Gasteiger partial charge in [-0.1, -0.05) is 0 Å². The molecule has 0 aliphatic carbocycles. The van der Waals surface area contributed by atoms with Gasteiger partial charge in [-0.3, -0.25) is 4.79 Å². The lowest BCUT2D eigenvalue weighted by molar-refractivity contribution is -0.116. The highest BCUT2D eigenvalue weighted by Gasteiger charge is 2.30. The van der Waals surface area contributed by atoms with Crippen molar-refractivity contribution in [2.24, 2.45) is 0 Å². The summed E-state index contributed by atoms with van der Waals surface area (Å²) in [4.78, 5) is 13.7. The molecule has 23 heavy (non-hydrogen) atoms. The third-order valence-electron chi connectivity index (χ3n) is 3.99. The van der Waals surface area contributed by atoms with Crippen LogP contribution in [0.1, 0.15) is 26.3 Å². The van der Waals surface area contributed by atoms with Gasteiger partial charge in [-0.15, -0.1) is 12.4 Å². The van der Waals surface area contributed by atoms with Crippen LogP contribution in [-0.4, -0.2) is 40.0 Å². The molecule has 2 unspecified atom stereocenters. The number of benzene rings is 1. The average molecular weight is 362 g/mol. The minimum absolute atomic E-state index is 0. The number of carbonyl (C=O) groups is 1. The number of nitrogens with one attached hydrogen (secondary N) is 2. The summed E-state index contributed by atoms with van der Waals surface area (Å²) in [7, 11) is -1.75. The number of likely N-dealkylation sites (N-methyl/N-ethyl adjacent to an activating group) is 1. The number of amides is 1. The first-order valence-electron chi connectivity index (χ1n) is 7.36. The molecule has 1 heterocycles. The van der Waals surface area contributed by atoms with Gasteiger partial charge in [0, 0.05) is 31.2 Å². The molecule has 2 rings (SSSR count). The molecular weight excluding hydrogens is 338 g/mol. The van der Waals surface area contributed by atoms with Gasteiger partial charge in [-0.05, 0) is 51.1 Å². The summed E-state index contributed by atoms with van der Waals surface area (Å²) in [6.07, 6.45) is 0.672. The first-order chi connectivity index (χ1) is 10.3. The van der Waals surface area contributed by atoms with Gasteiger partial charge < -0.3 is 10.2 Å². The highest BCUT2D eigenvalue weighted by molar-refractivity contribution is 7.89. The second kappa shape index (κ2) is 7.61. The number of halogens is 1. The zero-order valence-corrected chi connectivity index (χ0v) is 15.4. The SMILES string of the molecule is CNC(C)CNS(=O)(=O)c1ccc2c(c1)CC(C)N2C(C)=O.Cl. The van der Waals surface area contributed by atoms with Crippen LogP contribution in [0, 0.1) is 0 Å². The Bertz CT molecular complexity index is 679. The minimum Gasteiger partial charge on any atom is -0.316 e. The second-order valence-electron chi connectivity index (χ2n) is 5.77. The van der Waals surface area contributed by atoms with Crippen LogP contribution in [0.4, 0.5) is 5.69 Å². The van der Waals surface area contributed by atoms with Crippen molar-refractivity contribution >= 4 is 34.0 Å². The van der Waals surface area contributed by atoms with Crippen molar-refractivity contribution in [1.82, 2.24) is 10.0 Å². The standard InChI is InChI=1S/C15H23N3O3S.ClH/c1-10(16-4)9-17-22(20,21)14-5-6-15-13(8-14)7-11(2)18(15)12(3)19;/h5-6,8,10-11,16-17H,7,9H2,1-4H3;1H. The molecule has 0 saturated heterocycles. The fourth-order valence-electron chi connectivity index (χ4n) is 2.67. The van der Waals surface area contributed by atoms with Crippen molar-refractivity contribution < 1.29 is 13.2 Å². The molecule has 0 saturated carbocycles. The molecule has 2 N–H and O–H groups in total. The summed E-state index contributed by atoms with van der Waals surface area (Å²) in [6.45, 7) is 5.71. The van der Waals surface area contributed by atoms with E-state index in [4.69, 9.17) is 0 Å². The first kappa shape index (κ1) is 19.9. The summed E-state index contributed by atoms with van der Waals surface area (Å²) in [6, 6.07) is 5.05. The fourth-order valence-corrected chi connectivity index (χ4v) is 3.86. The van der Waals surface area contributed by atoms with Crippen LogP contribution in [0.15, 0.2) is 23.1 Å². The van der Waals surface area contributed by atoms with Gasteiger partial charge in [0.25, 0.3) is 0 Å². The molecule has 130 valence electrons. The zero-order valence-electron chi connectivity index (χ0n) is 13.8. The third kappa shape index (κ3) is 4.23. The topological polar surface area (TPSA) is 78.5 Å². The van der Waals surface area contributed by atoms with Gasteiger partial charge in [-0.25, -0.2) is 13.1 Å². The Hall–Kier alpha value is -1.15. The smallest absolute Gasteiger partial charge is 0.240 e. The number of hydrogen-bond acceptors (Lipinski definition) is 4. The summed E-state index contributed by atoms with van der Waals surface area (Å²) in [5, 5.41) is 2.98. The molecule has 1 aromatic carbocycles. The summed E-state index contributed by atoms with van der Waals surface area (Å²) in [5.41, 5.74) is 1.70. The minimum atomic E-state index is -3.54. The lowest BCUT2D eigenvalue weighted by atomic mass is 10.1. The van der Waals surface area contributed by atoms with E-state index in [9.17, 15) is 13.2 Å². The van der Waals surface area contributed by atoms with Gasteiger partial charge >= 0.3 is 0 Å². The first-order valence-corrected chi connectivity index (χ1v) is 8.84. The van der Waals surface area contributed by atoms with Gasteiger partial charge in [0.1, 0.15) is 0 Å². The average Bonchev–Trinajstić information content (AvgIpc) is 2.79. The Morgan fingerprint density at radius 1 is 1.43 bits per heavy atom. The van der Waals surface area contributed by atoms with Crippen molar-refractivity contribution in [1.29, 1.82) is 0 Å². The van der Waals surface area contributed by atoms with Crippen LogP contribution in [0.2, 0.25) is 0 Å². The van der Waals surface area contributed by atoms with Crippen LogP contribution in [-0.2, 0) is 21.2 Å². The normalized spacial score (nSPS) is 18.3. The maximum absolute atomic E-state index is 12.3. The molecule has 6 nitrogen and oxygen atoms in total. The lowest BCUT2D eigenvalue weighted by Crippen LogP contribution is -2.37. The third-order valence-corrected chi connectivity index (χ3v) is 5.41. The second-order valence-corrected chi connectivity index (χ2v) is 7.54. The van der Waals surface area contributed by atoms with Crippen molar-refractivity contribution in [2.75, 3.05) is 18.5 Å². The maximum Gasteiger partial charge on any atom is 0.240 e. The van der Waals surface area contributed by atoms with Crippen LogP contribution in [0.25, 0.3) is 0 Å². The molecular formula is C15H24ClN3O3S. The fraction of sp³-hybridized carbons (Fsp3) is 0.533. The summed E-state index contributed by atoms with van der Waals surface area (Å²) in [5.74, 6) is -0.0252. The van der Waals surface area contributed by atoms with Crippen LogP contribution in [0.3, 0.4) is 0 Å². The molecule has 0 spiro atoms. The predicted molar refractivity (Wildman–Crippen MR) is 93.7 cm³/mol. The van der Waals surface area contributed by atoms with E-state index >= 15 is 0 Å². The molecule has 2 atom stereocenters. The zero-order chi connectivity index (χ0) is 16.5. The molecule has 1 aromatic rings. The van der Waals surface area contributed by atoms with Crippen molar-refractivity contribution in [3.8, 4) is 0 Å². The number of fused-ring (bicyclic) bond motifs is 1. The molecule has 0 radical (unpaired) electrons. The largest absolute Gasteiger partial charge is 0.316 e. The van der Waals surface area contributed by atoms with E-state index in [2.05, 4.69) is 10.0 Å². The van der Waals surface area contributed by atoms with Gasteiger partial charge in [-0.2, -0.15) is 0 Å². The quantitative estimate of drug-likeness (QED) is 0.828. The van der Waals surface area contributed by atoms with Gasteiger partial charge in [0.15, 0.2) is 0 Å². The monoisotopic (exact) mass is 361 g/mol. The number of nitrogens with zero attached hydrogens (tertiary/aromatic N) is 1. The van der Waals surface area contributed by atoms with E-state index in [0.717, 1.165) is 11.3 Å². The van der Waals surface area contributed by atoms with Crippen molar-refractivity contribution in [2.45, 2.75) is 44.2 Å². The number of sulfonamides is 1. The molecule has 8 heteroatoms. The molecule has 0 bridgehead atoms. The van der Waals surface area contributed by atoms with E-state index in [-0.39, 0.29) is 35.3 Å². The van der Waals surface area contributed by atoms with Crippen molar-refractivity contribution in [3.05, 3.63) is 23.8 Å². The van der Waals surface area contributed by atoms with E-state index in [0.29, 0.717) is 13.0 Å². The lowest BCUT2D eigenvalue weighted by Gasteiger charge is -2.20. The highest BCUT2D eigenvalue weighted by Crippen LogP contribution is 2.33. The Balaban J connectivity index is 0.00000264. The number of carbonyl (C=O) groups excluding carboxylic acids is 1. The summed E-state index contributed by atoms with van der Waals surface area (Å²) < 4.78 is 27.3. The highest BCUT2D eigenvalue weighted by atomic mass is 35.5. The van der Waals surface area contributed by atoms with E-state index in [1.54, 1.807) is 30.1 Å². The van der Waals surface area contributed by atoms with Crippen molar-refractivity contribution in [3.63, 3.8) is 0 Å². The van der Waals surface area contributed by atoms with Crippen LogP contribution in [0.5, 0.6) is 0 Å². The van der Waals surface area contributed by atoms with Crippen LogP contribution < -0.4 is 14.9 Å². The summed E-state index contributed by atoms with van der Waals surface area (Å²) >= 11 is 0. The molecule has 1 aliphatic heterocycles. The predicted octanol–water partition coefficient (Wildman–Crippen LogP) is 1.29. The molecule has 0 fully saturated rings. The molecule has 1 aliphatic rings. The number of hydrogen-bond donors (Lipinski definition) is 2. The maximum atomic E-state index is 12.3. The Morgan fingerprint density at radius 3 is 2.65 bits per heavy atom. The number of rotatable bonds is 5. The van der Waals surface area contributed by atoms with E-state index < -0.39 is 10.0 Å². The van der Waals surface area contributed by atoms with Crippen LogP contribution >= 0.6 is 12.4 Å². The van der Waals surface area contributed by atoms with E-state index in [1.807, 2.05) is 13.8 Å².